The second-order valence-corrected chi connectivity index (χ2v) is 9.31. The Balaban J connectivity index is 1.49. The predicted octanol–water partition coefficient (Wildman–Crippen LogP) is 4.70. The molecule has 2 aromatic heterocycles. The summed E-state index contributed by atoms with van der Waals surface area (Å²) in [5.41, 5.74) is 5.38. The lowest BCUT2D eigenvalue weighted by Crippen LogP contribution is -2.40. The van der Waals surface area contributed by atoms with Gasteiger partial charge in [-0.15, -0.1) is 11.3 Å². The molecule has 1 amide bonds. The van der Waals surface area contributed by atoms with E-state index in [1.807, 2.05) is 42.3 Å². The van der Waals surface area contributed by atoms with Crippen LogP contribution in [0.1, 0.15) is 52.0 Å². The van der Waals surface area contributed by atoms with E-state index in [4.69, 9.17) is 9.72 Å². The van der Waals surface area contributed by atoms with Gasteiger partial charge in [0.1, 0.15) is 5.75 Å². The molecule has 1 unspecified atom stereocenters. The SMILES string of the molecule is COc1ccccc1Cc1cc(C)nc(C2CCCN(C(=O)Cc3csc(C)n3)C2)c1. The Bertz CT molecular complexity index is 1060. The van der Waals surface area contributed by atoms with Crippen LogP contribution in [0.3, 0.4) is 0 Å². The maximum absolute atomic E-state index is 12.9. The van der Waals surface area contributed by atoms with Gasteiger partial charge in [0.25, 0.3) is 0 Å². The van der Waals surface area contributed by atoms with Crippen molar-refractivity contribution in [2.45, 2.75) is 45.4 Å². The number of amides is 1. The first-order valence-electron chi connectivity index (χ1n) is 10.8. The number of benzene rings is 1. The lowest BCUT2D eigenvalue weighted by Gasteiger charge is -2.32. The fourth-order valence-corrected chi connectivity index (χ4v) is 4.96. The number of para-hydroxylation sites is 1. The van der Waals surface area contributed by atoms with Crippen LogP contribution in [0.25, 0.3) is 0 Å². The molecule has 0 radical (unpaired) electrons. The van der Waals surface area contributed by atoms with E-state index in [2.05, 4.69) is 23.2 Å². The van der Waals surface area contributed by atoms with Crippen molar-refractivity contribution in [3.63, 3.8) is 0 Å². The van der Waals surface area contributed by atoms with Gasteiger partial charge >= 0.3 is 0 Å². The predicted molar refractivity (Wildman–Crippen MR) is 124 cm³/mol. The standard InChI is InChI=1S/C25H29N3O2S/c1-17-11-19(12-20-7-4-5-9-24(20)30-3)13-23(26-17)21-8-6-10-28(15-21)25(29)14-22-16-31-18(2)27-22/h4-5,7,9,11,13,16,21H,6,8,10,12,14-15H2,1-3H3. The maximum Gasteiger partial charge on any atom is 0.228 e. The molecule has 6 heteroatoms. The number of piperidine rings is 1. The zero-order valence-corrected chi connectivity index (χ0v) is 19.2. The molecule has 5 nitrogen and oxygen atoms in total. The molecule has 1 atom stereocenters. The molecule has 1 aromatic carbocycles. The lowest BCUT2D eigenvalue weighted by molar-refractivity contribution is -0.131. The number of hydrogen-bond donors (Lipinski definition) is 0. The Hall–Kier alpha value is -2.73. The number of thiazole rings is 1. The van der Waals surface area contributed by atoms with Gasteiger partial charge in [-0.25, -0.2) is 4.98 Å². The molecule has 0 bridgehead atoms. The molecule has 3 aromatic rings. The third kappa shape index (κ3) is 5.31. The van der Waals surface area contributed by atoms with Gasteiger partial charge in [-0.3, -0.25) is 9.78 Å². The fraction of sp³-hybridized carbons (Fsp3) is 0.400. The fourth-order valence-electron chi connectivity index (χ4n) is 4.35. The van der Waals surface area contributed by atoms with E-state index >= 15 is 0 Å². The van der Waals surface area contributed by atoms with Crippen molar-refractivity contribution in [1.29, 1.82) is 0 Å². The molecular formula is C25H29N3O2S. The van der Waals surface area contributed by atoms with Crippen LogP contribution >= 0.6 is 11.3 Å². The van der Waals surface area contributed by atoms with Crippen molar-refractivity contribution in [2.24, 2.45) is 0 Å². The number of nitrogens with zero attached hydrogens (tertiary/aromatic N) is 3. The minimum Gasteiger partial charge on any atom is -0.496 e. The van der Waals surface area contributed by atoms with Crippen LogP contribution in [0.15, 0.2) is 41.8 Å². The summed E-state index contributed by atoms with van der Waals surface area (Å²) in [6.07, 6.45) is 3.25. The van der Waals surface area contributed by atoms with Gasteiger partial charge in [-0.2, -0.15) is 0 Å². The van der Waals surface area contributed by atoms with Crippen LogP contribution in [0.2, 0.25) is 0 Å². The second-order valence-electron chi connectivity index (χ2n) is 8.24. The van der Waals surface area contributed by atoms with Crippen LogP contribution in [0.5, 0.6) is 5.75 Å². The average Bonchev–Trinajstić information content (AvgIpc) is 3.18. The van der Waals surface area contributed by atoms with E-state index in [0.29, 0.717) is 6.42 Å². The molecular weight excluding hydrogens is 406 g/mol. The smallest absolute Gasteiger partial charge is 0.228 e. The molecule has 1 aliphatic heterocycles. The maximum atomic E-state index is 12.9. The Morgan fingerprint density at radius 3 is 2.84 bits per heavy atom. The van der Waals surface area contributed by atoms with E-state index < -0.39 is 0 Å². The van der Waals surface area contributed by atoms with Crippen molar-refractivity contribution < 1.29 is 9.53 Å². The van der Waals surface area contributed by atoms with Gasteiger partial charge in [-0.05, 0) is 56.0 Å². The van der Waals surface area contributed by atoms with Crippen LogP contribution in [0, 0.1) is 13.8 Å². The second kappa shape index (κ2) is 9.60. The summed E-state index contributed by atoms with van der Waals surface area (Å²) in [4.78, 5) is 24.1. The molecule has 0 spiro atoms. The summed E-state index contributed by atoms with van der Waals surface area (Å²) in [5, 5.41) is 2.99. The molecule has 31 heavy (non-hydrogen) atoms. The Morgan fingerprint density at radius 2 is 2.06 bits per heavy atom. The monoisotopic (exact) mass is 435 g/mol. The highest BCUT2D eigenvalue weighted by Crippen LogP contribution is 2.29. The van der Waals surface area contributed by atoms with Gasteiger partial charge in [0.2, 0.25) is 5.91 Å². The molecule has 0 aliphatic carbocycles. The number of carbonyl (C=O) groups excluding carboxylic acids is 1. The molecule has 1 aliphatic rings. The number of rotatable bonds is 6. The summed E-state index contributed by atoms with van der Waals surface area (Å²) in [6.45, 7) is 5.57. The topological polar surface area (TPSA) is 55.3 Å². The average molecular weight is 436 g/mol. The number of methoxy groups -OCH3 is 1. The van der Waals surface area contributed by atoms with Crippen molar-refractivity contribution in [3.8, 4) is 5.75 Å². The number of pyridine rings is 1. The van der Waals surface area contributed by atoms with E-state index in [0.717, 1.165) is 60.2 Å². The molecule has 1 saturated heterocycles. The minimum atomic E-state index is 0.164. The summed E-state index contributed by atoms with van der Waals surface area (Å²) in [7, 11) is 1.71. The van der Waals surface area contributed by atoms with Crippen LogP contribution < -0.4 is 4.74 Å². The highest BCUT2D eigenvalue weighted by atomic mass is 32.1. The van der Waals surface area contributed by atoms with Gasteiger partial charge in [-0.1, -0.05) is 18.2 Å². The first-order valence-corrected chi connectivity index (χ1v) is 11.7. The highest BCUT2D eigenvalue weighted by molar-refractivity contribution is 7.09. The molecule has 0 saturated carbocycles. The van der Waals surface area contributed by atoms with Crippen molar-refractivity contribution in [3.05, 3.63) is 75.0 Å². The van der Waals surface area contributed by atoms with E-state index in [-0.39, 0.29) is 11.8 Å². The number of likely N-dealkylation sites (tertiary alicyclic amines) is 1. The molecule has 3 heterocycles. The lowest BCUT2D eigenvalue weighted by atomic mass is 9.92. The zero-order valence-electron chi connectivity index (χ0n) is 18.4. The first-order chi connectivity index (χ1) is 15.0. The summed E-state index contributed by atoms with van der Waals surface area (Å²) < 4.78 is 5.52. The van der Waals surface area contributed by atoms with Crippen LogP contribution in [-0.4, -0.2) is 41.0 Å². The number of ether oxygens (including phenoxy) is 1. The van der Waals surface area contributed by atoms with Gasteiger partial charge in [0.15, 0.2) is 0 Å². The van der Waals surface area contributed by atoms with Crippen molar-refractivity contribution in [2.75, 3.05) is 20.2 Å². The van der Waals surface area contributed by atoms with Crippen molar-refractivity contribution >= 4 is 17.2 Å². The minimum absolute atomic E-state index is 0.164. The normalized spacial score (nSPS) is 16.4. The number of aryl methyl sites for hydroxylation is 2. The summed E-state index contributed by atoms with van der Waals surface area (Å²) in [5.74, 6) is 1.34. The third-order valence-corrected chi connectivity index (χ3v) is 6.63. The summed E-state index contributed by atoms with van der Waals surface area (Å²) in [6, 6.07) is 12.5. The first kappa shape index (κ1) is 21.5. The van der Waals surface area contributed by atoms with Crippen molar-refractivity contribution in [1.82, 2.24) is 14.9 Å². The number of aromatic nitrogens is 2. The van der Waals surface area contributed by atoms with E-state index in [1.54, 1.807) is 18.4 Å². The van der Waals surface area contributed by atoms with Crippen LogP contribution in [-0.2, 0) is 17.6 Å². The zero-order chi connectivity index (χ0) is 21.8. The molecule has 162 valence electrons. The highest BCUT2D eigenvalue weighted by Gasteiger charge is 2.26. The molecule has 4 rings (SSSR count). The van der Waals surface area contributed by atoms with E-state index in [9.17, 15) is 4.79 Å². The molecule has 0 N–H and O–H groups in total. The number of carbonyl (C=O) groups is 1. The largest absolute Gasteiger partial charge is 0.496 e. The van der Waals surface area contributed by atoms with Gasteiger partial charge in [0, 0.05) is 42.2 Å². The quantitative estimate of drug-likeness (QED) is 0.563. The molecule has 1 fully saturated rings. The van der Waals surface area contributed by atoms with Gasteiger partial charge in [0.05, 0.1) is 24.2 Å². The third-order valence-electron chi connectivity index (χ3n) is 5.81. The summed E-state index contributed by atoms with van der Waals surface area (Å²) >= 11 is 1.60. The van der Waals surface area contributed by atoms with Gasteiger partial charge < -0.3 is 9.64 Å². The number of hydrogen-bond acceptors (Lipinski definition) is 5. The Kier molecular flexibility index (Phi) is 6.66. The van der Waals surface area contributed by atoms with Crippen LogP contribution in [0.4, 0.5) is 0 Å². The Morgan fingerprint density at radius 1 is 1.23 bits per heavy atom. The van der Waals surface area contributed by atoms with E-state index in [1.165, 1.54) is 11.1 Å². The Labute approximate surface area is 188 Å².